The molecule has 1 N–H and O–H groups in total. The third-order valence-corrected chi connectivity index (χ3v) is 5.46. The Balaban J connectivity index is 1.34. The van der Waals surface area contributed by atoms with E-state index in [1.165, 1.54) is 16.9 Å². The summed E-state index contributed by atoms with van der Waals surface area (Å²) in [6.07, 6.45) is 4.83. The summed E-state index contributed by atoms with van der Waals surface area (Å²) in [7, 11) is 0. The van der Waals surface area contributed by atoms with Crippen LogP contribution in [0.15, 0.2) is 47.9 Å². The van der Waals surface area contributed by atoms with Gasteiger partial charge in [0.05, 0.1) is 5.56 Å². The van der Waals surface area contributed by atoms with E-state index in [0.717, 1.165) is 39.3 Å². The predicted molar refractivity (Wildman–Crippen MR) is 111 cm³/mol. The van der Waals surface area contributed by atoms with Crippen molar-refractivity contribution in [3.63, 3.8) is 0 Å². The van der Waals surface area contributed by atoms with Crippen molar-refractivity contribution in [2.45, 2.75) is 6.42 Å². The lowest BCUT2D eigenvalue weighted by molar-refractivity contribution is -0.116. The highest BCUT2D eigenvalue weighted by Crippen LogP contribution is 2.22. The number of hydrogen-bond donors (Lipinski definition) is 1. The maximum atomic E-state index is 12.1. The maximum absolute atomic E-state index is 12.1. The highest BCUT2D eigenvalue weighted by atomic mass is 32.1. The Labute approximate surface area is 164 Å². The first-order chi connectivity index (χ1) is 13.2. The number of benzene rings is 1. The molecule has 2 heterocycles. The quantitative estimate of drug-likeness (QED) is 0.801. The second kappa shape index (κ2) is 10.0. The summed E-state index contributed by atoms with van der Waals surface area (Å²) in [5.74, 6) is -0.0258. The third kappa shape index (κ3) is 6.04. The van der Waals surface area contributed by atoms with Crippen molar-refractivity contribution in [1.29, 1.82) is 5.26 Å². The highest BCUT2D eigenvalue weighted by molar-refractivity contribution is 7.14. The Hall–Kier alpha value is -2.46. The van der Waals surface area contributed by atoms with Gasteiger partial charge in [0, 0.05) is 45.7 Å². The molecule has 1 aliphatic rings. The third-order valence-electron chi connectivity index (χ3n) is 4.63. The van der Waals surface area contributed by atoms with E-state index < -0.39 is 0 Å². The van der Waals surface area contributed by atoms with Gasteiger partial charge in [-0.05, 0) is 17.0 Å². The van der Waals surface area contributed by atoms with E-state index >= 15 is 0 Å². The molecular weight excluding hydrogens is 356 g/mol. The molecule has 0 bridgehead atoms. The van der Waals surface area contributed by atoms with Gasteiger partial charge in [0.1, 0.15) is 11.1 Å². The molecule has 0 spiro atoms. The molecule has 0 saturated carbocycles. The topological polar surface area (TPSA) is 59.4 Å². The fourth-order valence-electron chi connectivity index (χ4n) is 3.04. The Kier molecular flexibility index (Phi) is 7.17. The Morgan fingerprint density at radius 3 is 2.63 bits per heavy atom. The number of carbonyl (C=O) groups is 1. The zero-order valence-corrected chi connectivity index (χ0v) is 16.1. The molecule has 2 aromatic rings. The molecular formula is C21H24N4OS. The molecule has 6 heteroatoms. The molecule has 5 nitrogen and oxygen atoms in total. The largest absolute Gasteiger partial charge is 0.317 e. The molecule has 1 aromatic carbocycles. The van der Waals surface area contributed by atoms with Crippen LogP contribution in [-0.4, -0.2) is 55.0 Å². The second-order valence-corrected chi connectivity index (χ2v) is 7.44. The maximum Gasteiger partial charge on any atom is 0.226 e. The number of hydrogen-bond acceptors (Lipinski definition) is 5. The van der Waals surface area contributed by atoms with E-state index in [9.17, 15) is 4.79 Å². The summed E-state index contributed by atoms with van der Waals surface area (Å²) in [6.45, 7) is 5.71. The Morgan fingerprint density at radius 2 is 1.89 bits per heavy atom. The fraction of sp³-hybridized carbons (Fsp3) is 0.333. The van der Waals surface area contributed by atoms with Gasteiger partial charge in [-0.25, -0.2) is 0 Å². The van der Waals surface area contributed by atoms with E-state index in [2.05, 4.69) is 45.5 Å². The van der Waals surface area contributed by atoms with Gasteiger partial charge < -0.3 is 10.2 Å². The summed E-state index contributed by atoms with van der Waals surface area (Å²) in [5.41, 5.74) is 1.76. The van der Waals surface area contributed by atoms with Gasteiger partial charge in [-0.2, -0.15) is 5.26 Å². The van der Waals surface area contributed by atoms with E-state index in [0.29, 0.717) is 17.0 Å². The van der Waals surface area contributed by atoms with E-state index in [1.54, 1.807) is 6.07 Å². The van der Waals surface area contributed by atoms with E-state index in [4.69, 9.17) is 5.26 Å². The number of anilines is 1. The Morgan fingerprint density at radius 1 is 1.15 bits per heavy atom. The number of carbonyl (C=O) groups excluding carboxylic acids is 1. The van der Waals surface area contributed by atoms with Crippen LogP contribution in [0.1, 0.15) is 17.5 Å². The van der Waals surface area contributed by atoms with Crippen LogP contribution in [-0.2, 0) is 4.79 Å². The Bertz CT molecular complexity index is 801. The van der Waals surface area contributed by atoms with Gasteiger partial charge in [-0.3, -0.25) is 9.69 Å². The summed E-state index contributed by atoms with van der Waals surface area (Å²) in [4.78, 5) is 16.9. The zero-order valence-electron chi connectivity index (χ0n) is 15.3. The lowest BCUT2D eigenvalue weighted by Gasteiger charge is -2.33. The van der Waals surface area contributed by atoms with Crippen molar-refractivity contribution in [1.82, 2.24) is 9.80 Å². The van der Waals surface area contributed by atoms with Crippen molar-refractivity contribution in [3.8, 4) is 6.07 Å². The minimum Gasteiger partial charge on any atom is -0.317 e. The molecule has 27 heavy (non-hydrogen) atoms. The van der Waals surface area contributed by atoms with Gasteiger partial charge >= 0.3 is 0 Å². The van der Waals surface area contributed by atoms with Crippen molar-refractivity contribution in [2.24, 2.45) is 0 Å². The smallest absolute Gasteiger partial charge is 0.226 e. The van der Waals surface area contributed by atoms with Gasteiger partial charge in [0.25, 0.3) is 0 Å². The SMILES string of the molecule is N#Cc1ccsc1NC(=O)CCN1CCN(C/C=C/c2ccccc2)CC1. The number of nitrogens with zero attached hydrogens (tertiary/aromatic N) is 3. The number of nitrogens with one attached hydrogen (secondary N) is 1. The van der Waals surface area contributed by atoms with Gasteiger partial charge in [0.15, 0.2) is 0 Å². The molecule has 0 radical (unpaired) electrons. The van der Waals surface area contributed by atoms with Crippen LogP contribution in [0.2, 0.25) is 0 Å². The molecule has 140 valence electrons. The first-order valence-electron chi connectivity index (χ1n) is 9.18. The predicted octanol–water partition coefficient (Wildman–Crippen LogP) is 3.28. The molecule has 0 atom stereocenters. The monoisotopic (exact) mass is 380 g/mol. The van der Waals surface area contributed by atoms with E-state index in [-0.39, 0.29) is 5.91 Å². The summed E-state index contributed by atoms with van der Waals surface area (Å²) >= 11 is 1.39. The van der Waals surface area contributed by atoms with Crippen LogP contribution in [0, 0.1) is 11.3 Å². The van der Waals surface area contributed by atoms with Crippen LogP contribution < -0.4 is 5.32 Å². The van der Waals surface area contributed by atoms with Crippen LogP contribution >= 0.6 is 11.3 Å². The molecule has 3 rings (SSSR count). The first kappa shape index (κ1) is 19.3. The number of piperazine rings is 1. The average molecular weight is 381 g/mol. The second-order valence-electron chi connectivity index (χ2n) is 6.53. The van der Waals surface area contributed by atoms with Crippen LogP contribution in [0.25, 0.3) is 6.08 Å². The van der Waals surface area contributed by atoms with E-state index in [1.807, 2.05) is 23.6 Å². The number of amides is 1. The van der Waals surface area contributed by atoms with Crippen molar-refractivity contribution in [3.05, 3.63) is 59.0 Å². The number of thiophene rings is 1. The fourth-order valence-corrected chi connectivity index (χ4v) is 3.79. The van der Waals surface area contributed by atoms with Crippen molar-refractivity contribution >= 4 is 28.3 Å². The molecule has 1 saturated heterocycles. The molecule has 0 aliphatic carbocycles. The lowest BCUT2D eigenvalue weighted by Crippen LogP contribution is -2.46. The summed E-state index contributed by atoms with van der Waals surface area (Å²) in [6, 6.07) is 14.2. The molecule has 0 unspecified atom stereocenters. The minimum absolute atomic E-state index is 0.0258. The molecule has 1 aromatic heterocycles. The standard InChI is InChI=1S/C21H24N4OS/c22-17-19-9-16-27-21(19)23-20(26)8-11-25-14-12-24(13-15-25)10-4-7-18-5-2-1-3-6-18/h1-7,9,16H,8,10-15H2,(H,23,26)/b7-4+. The normalized spacial score (nSPS) is 15.7. The first-order valence-corrected chi connectivity index (χ1v) is 10.1. The van der Waals surface area contributed by atoms with Crippen LogP contribution in [0.4, 0.5) is 5.00 Å². The van der Waals surface area contributed by atoms with Gasteiger partial charge in [0.2, 0.25) is 5.91 Å². The summed E-state index contributed by atoms with van der Waals surface area (Å²) < 4.78 is 0. The minimum atomic E-state index is -0.0258. The molecule has 1 aliphatic heterocycles. The van der Waals surface area contributed by atoms with Crippen LogP contribution in [0.3, 0.4) is 0 Å². The molecule has 1 fully saturated rings. The average Bonchev–Trinajstić information content (AvgIpc) is 3.15. The number of rotatable bonds is 7. The van der Waals surface area contributed by atoms with Crippen molar-refractivity contribution < 1.29 is 4.79 Å². The number of nitriles is 1. The van der Waals surface area contributed by atoms with Crippen LogP contribution in [0.5, 0.6) is 0 Å². The molecule has 1 amide bonds. The van der Waals surface area contributed by atoms with Crippen molar-refractivity contribution in [2.75, 3.05) is 44.6 Å². The highest BCUT2D eigenvalue weighted by Gasteiger charge is 2.17. The summed E-state index contributed by atoms with van der Waals surface area (Å²) in [5, 5.41) is 14.3. The van der Waals surface area contributed by atoms with Gasteiger partial charge in [-0.1, -0.05) is 42.5 Å². The zero-order chi connectivity index (χ0) is 18.9. The lowest BCUT2D eigenvalue weighted by atomic mass is 10.2. The van der Waals surface area contributed by atoms with Gasteiger partial charge in [-0.15, -0.1) is 11.3 Å².